The van der Waals surface area contributed by atoms with E-state index in [1.165, 1.54) is 18.5 Å². The highest BCUT2D eigenvalue weighted by Gasteiger charge is 2.44. The van der Waals surface area contributed by atoms with Gasteiger partial charge in [-0.05, 0) is 37.6 Å². The van der Waals surface area contributed by atoms with Crippen molar-refractivity contribution in [1.82, 2.24) is 25.2 Å². The van der Waals surface area contributed by atoms with E-state index in [-0.39, 0.29) is 51.3 Å². The van der Waals surface area contributed by atoms with E-state index in [0.29, 0.717) is 41.0 Å². The van der Waals surface area contributed by atoms with Crippen LogP contribution in [0.5, 0.6) is 5.75 Å². The van der Waals surface area contributed by atoms with Gasteiger partial charge in [-0.2, -0.15) is 8.62 Å². The van der Waals surface area contributed by atoms with Gasteiger partial charge in [-0.25, -0.2) is 23.7 Å². The number of carbonyl (C=O) groups excluding carboxylic acids is 2. The van der Waals surface area contributed by atoms with E-state index in [1.807, 2.05) is 0 Å². The third kappa shape index (κ3) is 18.5. The van der Waals surface area contributed by atoms with Crippen LogP contribution in [-0.4, -0.2) is 124 Å². The molecule has 0 bridgehead atoms. The minimum atomic E-state index is -5.77. The van der Waals surface area contributed by atoms with Gasteiger partial charge in [-0.3, -0.25) is 14.1 Å². The van der Waals surface area contributed by atoms with E-state index < -0.39 is 67.3 Å². The lowest BCUT2D eigenvalue weighted by Crippen LogP contribution is -2.33. The number of aromatic nitrogens is 3. The molecule has 0 aliphatic carbocycles. The number of amides is 2. The Morgan fingerprint density at radius 2 is 1.80 bits per heavy atom. The van der Waals surface area contributed by atoms with Gasteiger partial charge in [-0.15, -0.1) is 13.2 Å². The van der Waals surface area contributed by atoms with Crippen LogP contribution in [0.15, 0.2) is 68.2 Å². The first-order valence-corrected chi connectivity index (χ1v) is 24.3. The molecule has 1 fully saturated rings. The molecule has 28 heteroatoms. The molecule has 2 amide bonds. The molecular formula is C37H54N7O18P3. The average molecular weight is 978 g/mol. The third-order valence-electron chi connectivity index (χ3n) is 8.74. The highest BCUT2D eigenvalue weighted by atomic mass is 31.3. The molecule has 0 saturated carbocycles. The van der Waals surface area contributed by atoms with Crippen molar-refractivity contribution >= 4 is 58.2 Å². The van der Waals surface area contributed by atoms with Crippen LogP contribution in [0.1, 0.15) is 47.8 Å². The number of hydrogen-bond acceptors (Lipinski definition) is 18. The first kappa shape index (κ1) is 53.4. The highest BCUT2D eigenvalue weighted by Crippen LogP contribution is 2.66. The van der Waals surface area contributed by atoms with Gasteiger partial charge >= 0.3 is 23.5 Å². The molecule has 65 heavy (non-hydrogen) atoms. The number of rotatable bonds is 31. The summed E-state index contributed by atoms with van der Waals surface area (Å²) in [6.45, 7) is 7.03. The van der Waals surface area contributed by atoms with Crippen LogP contribution in [0.4, 0.5) is 5.82 Å². The minimum Gasteiger partial charge on any atom is -0.488 e. The van der Waals surface area contributed by atoms with Crippen molar-refractivity contribution in [2.75, 3.05) is 65.2 Å². The molecule has 1 aliphatic rings. The van der Waals surface area contributed by atoms with Crippen LogP contribution in [0.25, 0.3) is 17.1 Å². The molecule has 10 N–H and O–H groups in total. The molecular weight excluding hydrogens is 923 g/mol. The molecule has 25 nitrogen and oxygen atoms in total. The molecule has 6 atom stereocenters. The number of ether oxygens (including phenoxy) is 6. The first-order chi connectivity index (χ1) is 30.9. The summed E-state index contributed by atoms with van der Waals surface area (Å²) in [7, 11) is -16.9. The Morgan fingerprint density at radius 1 is 1.02 bits per heavy atom. The summed E-state index contributed by atoms with van der Waals surface area (Å²) < 4.78 is 83.6. The Morgan fingerprint density at radius 3 is 2.54 bits per heavy atom. The van der Waals surface area contributed by atoms with Gasteiger partial charge in [0.2, 0.25) is 5.91 Å². The van der Waals surface area contributed by atoms with Crippen molar-refractivity contribution in [1.29, 1.82) is 0 Å². The summed E-state index contributed by atoms with van der Waals surface area (Å²) in [6.07, 6.45) is 7.89. The number of carbonyl (C=O) groups is 2. The van der Waals surface area contributed by atoms with Gasteiger partial charge in [-0.1, -0.05) is 36.8 Å². The van der Waals surface area contributed by atoms with Gasteiger partial charge < -0.3 is 74.7 Å². The van der Waals surface area contributed by atoms with Crippen LogP contribution in [0.3, 0.4) is 0 Å². The second kappa shape index (κ2) is 26.2. The lowest BCUT2D eigenvalue weighted by molar-refractivity contribution is -0.162. The number of nitrogen functional groups attached to an aromatic ring is 1. The SMILES string of the molecule is C=CCOCOC1C[C@H](n2cc(/C=C/CNC(=O)COC(COc3cccc(C(=O)NCCCCCN)c3)OCC=C)c3c(N)ncnc32)O[C@@H]1COP(=O)(O)OP(=O)(O)OP(=O)(O)O. The Hall–Kier alpha value is -4.23. The second-order valence-corrected chi connectivity index (χ2v) is 18.1. The molecule has 3 aromatic rings. The molecule has 3 heterocycles. The van der Waals surface area contributed by atoms with E-state index >= 15 is 0 Å². The summed E-state index contributed by atoms with van der Waals surface area (Å²) in [5, 5.41) is 5.99. The molecule has 0 spiro atoms. The maximum atomic E-state index is 12.8. The standard InChI is InChI=1S/C37H54N7O18P3/c1-3-16-54-25-58-29-19-32(60-30(29)21-59-64(50,51)62-65(52,53)61-63(47,48)49)44-20-27(34-35(39)42-24-43-36(34)44)11-9-15-40-31(45)22-57-33(55-17-4-2)23-56-28-12-8-10-26(18-28)37(46)41-14-7-5-6-13-38/h3-4,8-12,18,20,24,29-30,32-33H,1-2,5-7,13-17,19,21-23,25,38H2,(H,40,45)(H,41,46)(H,50,51)(H,52,53)(H2,39,42,43)(H2,47,48,49)/b11-9+/t29?,30-,32-,33?/m1/s1. The normalized spacial score (nSPS) is 18.8. The second-order valence-electron chi connectivity index (χ2n) is 13.7. The fraction of sp³-hybridized carbons (Fsp3) is 0.459. The zero-order valence-corrected chi connectivity index (χ0v) is 37.7. The summed E-state index contributed by atoms with van der Waals surface area (Å²) >= 11 is 0. The number of anilines is 1. The number of nitrogens with zero attached hydrogens (tertiary/aromatic N) is 3. The summed E-state index contributed by atoms with van der Waals surface area (Å²) in [5.41, 5.74) is 13.0. The van der Waals surface area contributed by atoms with Gasteiger partial charge in [0.25, 0.3) is 5.91 Å². The number of benzene rings is 1. The maximum absolute atomic E-state index is 12.8. The molecule has 2 aromatic heterocycles. The van der Waals surface area contributed by atoms with E-state index in [1.54, 1.807) is 47.2 Å². The monoisotopic (exact) mass is 977 g/mol. The zero-order chi connectivity index (χ0) is 47.5. The van der Waals surface area contributed by atoms with Crippen molar-refractivity contribution in [2.45, 2.75) is 50.4 Å². The lowest BCUT2D eigenvalue weighted by Gasteiger charge is -2.21. The Kier molecular flexibility index (Phi) is 21.5. The van der Waals surface area contributed by atoms with Crippen LogP contribution in [0, 0.1) is 0 Å². The Balaban J connectivity index is 1.36. The molecule has 360 valence electrons. The van der Waals surface area contributed by atoms with Gasteiger partial charge in [0, 0.05) is 36.8 Å². The van der Waals surface area contributed by atoms with Crippen LogP contribution in [0.2, 0.25) is 0 Å². The smallest absolute Gasteiger partial charge is 0.488 e. The van der Waals surface area contributed by atoms with Crippen LogP contribution >= 0.6 is 23.5 Å². The maximum Gasteiger partial charge on any atom is 0.490 e. The van der Waals surface area contributed by atoms with E-state index in [4.69, 9.17) is 54.2 Å². The van der Waals surface area contributed by atoms with Crippen molar-refractivity contribution in [3.8, 4) is 5.75 Å². The van der Waals surface area contributed by atoms with Crippen molar-refractivity contribution in [2.24, 2.45) is 5.73 Å². The van der Waals surface area contributed by atoms with Gasteiger partial charge in [0.1, 0.15) is 55.9 Å². The first-order valence-electron chi connectivity index (χ1n) is 19.8. The Bertz CT molecular complexity index is 2230. The highest BCUT2D eigenvalue weighted by molar-refractivity contribution is 7.66. The largest absolute Gasteiger partial charge is 0.490 e. The summed E-state index contributed by atoms with van der Waals surface area (Å²) in [4.78, 5) is 71.0. The summed E-state index contributed by atoms with van der Waals surface area (Å²) in [5.74, 6) is -0.226. The van der Waals surface area contributed by atoms with E-state index in [2.05, 4.69) is 42.4 Å². The number of phosphoric acid groups is 3. The van der Waals surface area contributed by atoms with Crippen molar-refractivity contribution in [3.05, 3.63) is 79.3 Å². The van der Waals surface area contributed by atoms with Crippen LogP contribution < -0.4 is 26.8 Å². The number of nitrogens with one attached hydrogen (secondary N) is 2. The Labute approximate surface area is 373 Å². The quantitative estimate of drug-likeness (QED) is 0.0199. The zero-order valence-electron chi connectivity index (χ0n) is 35.0. The number of unbranched alkanes of at least 4 members (excludes halogenated alkanes) is 2. The lowest BCUT2D eigenvalue weighted by atomic mass is 10.2. The summed E-state index contributed by atoms with van der Waals surface area (Å²) in [6, 6.07) is 6.61. The van der Waals surface area contributed by atoms with Gasteiger partial charge in [0.15, 0.2) is 6.29 Å². The van der Waals surface area contributed by atoms with Crippen molar-refractivity contribution in [3.63, 3.8) is 0 Å². The fourth-order valence-corrected chi connectivity index (χ4v) is 8.99. The fourth-order valence-electron chi connectivity index (χ4n) is 5.96. The molecule has 4 unspecified atom stereocenters. The van der Waals surface area contributed by atoms with E-state index in [9.17, 15) is 33.1 Å². The van der Waals surface area contributed by atoms with Gasteiger partial charge in [0.05, 0.1) is 31.3 Å². The molecule has 1 saturated heterocycles. The third-order valence-corrected chi connectivity index (χ3v) is 12.5. The predicted octanol–water partition coefficient (Wildman–Crippen LogP) is 2.80. The molecule has 1 aliphatic heterocycles. The average Bonchev–Trinajstić information content (AvgIpc) is 3.83. The number of phosphoric ester groups is 1. The van der Waals surface area contributed by atoms with Crippen molar-refractivity contribution < 1.29 is 84.4 Å². The molecule has 1 aromatic carbocycles. The molecule has 0 radical (unpaired) electrons. The predicted molar refractivity (Wildman–Crippen MR) is 231 cm³/mol. The topological polar surface area (TPSA) is 356 Å². The number of nitrogens with two attached hydrogens (primary N) is 2. The van der Waals surface area contributed by atoms with E-state index in [0.717, 1.165) is 19.3 Å². The minimum absolute atomic E-state index is 0.0439. The number of hydrogen-bond donors (Lipinski definition) is 8. The molecule has 4 rings (SSSR count). The number of fused-ring (bicyclic) bond motifs is 1. The van der Waals surface area contributed by atoms with Crippen LogP contribution in [-0.2, 0) is 55.3 Å².